The molecule has 0 amide bonds. The number of hydrogen-bond acceptors (Lipinski definition) is 4. The molecule has 0 spiro atoms. The van der Waals surface area contributed by atoms with Gasteiger partial charge in [0, 0.05) is 41.1 Å². The molecule has 0 saturated carbocycles. The van der Waals surface area contributed by atoms with E-state index in [9.17, 15) is 0 Å². The molecule has 1 aliphatic heterocycles. The van der Waals surface area contributed by atoms with E-state index in [4.69, 9.17) is 4.74 Å². The Morgan fingerprint density at radius 2 is 2.33 bits per heavy atom. The highest BCUT2D eigenvalue weighted by molar-refractivity contribution is 9.10. The summed E-state index contributed by atoms with van der Waals surface area (Å²) >= 11 is 5.23. The zero-order valence-corrected chi connectivity index (χ0v) is 12.2. The van der Waals surface area contributed by atoms with Gasteiger partial charge in [-0.2, -0.15) is 0 Å². The van der Waals surface area contributed by atoms with Crippen molar-refractivity contribution >= 4 is 27.3 Å². The summed E-state index contributed by atoms with van der Waals surface area (Å²) in [4.78, 5) is 4.25. The molecule has 1 aromatic carbocycles. The molecule has 0 unspecified atom stereocenters. The molecule has 0 fully saturated rings. The van der Waals surface area contributed by atoms with E-state index < -0.39 is 0 Å². The van der Waals surface area contributed by atoms with Gasteiger partial charge in [-0.1, -0.05) is 15.9 Å². The number of nitrogens with zero attached hydrogens (tertiary/aromatic N) is 1. The third-order valence-electron chi connectivity index (χ3n) is 2.90. The molecule has 0 aliphatic carbocycles. The Balaban J connectivity index is 1.69. The lowest BCUT2D eigenvalue weighted by Crippen LogP contribution is -2.13. The van der Waals surface area contributed by atoms with Gasteiger partial charge in [0.15, 0.2) is 0 Å². The molecule has 0 bridgehead atoms. The summed E-state index contributed by atoms with van der Waals surface area (Å²) in [6.07, 6.45) is 2.84. The summed E-state index contributed by atoms with van der Waals surface area (Å²) in [6, 6.07) is 4.27. The Morgan fingerprint density at radius 3 is 3.17 bits per heavy atom. The van der Waals surface area contributed by atoms with Crippen molar-refractivity contribution in [1.29, 1.82) is 0 Å². The normalized spacial score (nSPS) is 13.4. The van der Waals surface area contributed by atoms with Gasteiger partial charge in [0.2, 0.25) is 0 Å². The Labute approximate surface area is 118 Å². The summed E-state index contributed by atoms with van der Waals surface area (Å²) in [5, 5.41) is 6.52. The lowest BCUT2D eigenvalue weighted by molar-refractivity contribution is 0.352. The second-order valence-electron chi connectivity index (χ2n) is 4.18. The minimum absolute atomic E-state index is 0.797. The first-order valence-corrected chi connectivity index (χ1v) is 7.53. The van der Waals surface area contributed by atoms with Crippen LogP contribution in [-0.4, -0.2) is 11.6 Å². The molecule has 1 aliphatic rings. The zero-order chi connectivity index (χ0) is 12.4. The van der Waals surface area contributed by atoms with E-state index >= 15 is 0 Å². The van der Waals surface area contributed by atoms with E-state index in [1.807, 2.05) is 11.6 Å². The molecule has 3 nitrogen and oxygen atoms in total. The predicted octanol–water partition coefficient (Wildman–Crippen LogP) is 3.13. The second kappa shape index (κ2) is 5.38. The second-order valence-corrected chi connectivity index (χ2v) is 6.08. The molecule has 3 rings (SSSR count). The Hall–Kier alpha value is -0.910. The van der Waals surface area contributed by atoms with Crippen molar-refractivity contribution in [3.8, 4) is 5.75 Å². The van der Waals surface area contributed by atoms with Crippen molar-refractivity contribution in [3.05, 3.63) is 44.3 Å². The van der Waals surface area contributed by atoms with Crippen LogP contribution in [0.25, 0.3) is 0 Å². The van der Waals surface area contributed by atoms with Gasteiger partial charge in [0.25, 0.3) is 0 Å². The number of fused-ring (bicyclic) bond motifs is 1. The van der Waals surface area contributed by atoms with Crippen LogP contribution in [-0.2, 0) is 19.5 Å². The minimum atomic E-state index is 0.797. The molecule has 1 N–H and O–H groups in total. The number of nitrogens with one attached hydrogen (secondary N) is 1. The Kier molecular flexibility index (Phi) is 3.63. The molecule has 5 heteroatoms. The van der Waals surface area contributed by atoms with Crippen molar-refractivity contribution in [3.63, 3.8) is 0 Å². The number of ether oxygens (including phenoxy) is 1. The van der Waals surface area contributed by atoms with Crippen LogP contribution in [0.3, 0.4) is 0 Å². The van der Waals surface area contributed by atoms with E-state index in [2.05, 4.69) is 38.4 Å². The standard InChI is InChI=1S/C13H13BrN2OS/c14-11-5-9-1-3-17-13(9)10(6-11)7-15-8-12-16-2-4-18-12/h2,4-6,15H,1,3,7-8H2. The fourth-order valence-corrected chi connectivity index (χ4v) is 3.26. The lowest BCUT2D eigenvalue weighted by atomic mass is 10.1. The van der Waals surface area contributed by atoms with Crippen LogP contribution in [0.5, 0.6) is 5.75 Å². The van der Waals surface area contributed by atoms with Crippen LogP contribution in [0.1, 0.15) is 16.1 Å². The average Bonchev–Trinajstić information content (AvgIpc) is 2.98. The first-order valence-electron chi connectivity index (χ1n) is 5.86. The molecule has 18 heavy (non-hydrogen) atoms. The number of halogens is 1. The SMILES string of the molecule is Brc1cc2c(c(CNCc3nccs3)c1)OCC2. The molecule has 0 atom stereocenters. The predicted molar refractivity (Wildman–Crippen MR) is 76.0 cm³/mol. The van der Waals surface area contributed by atoms with Gasteiger partial charge in [-0.3, -0.25) is 0 Å². The number of thiazole rings is 1. The monoisotopic (exact) mass is 324 g/mol. The van der Waals surface area contributed by atoms with Crippen molar-refractivity contribution in [2.75, 3.05) is 6.61 Å². The van der Waals surface area contributed by atoms with Crippen molar-refractivity contribution in [2.45, 2.75) is 19.5 Å². The van der Waals surface area contributed by atoms with Crippen LogP contribution in [0.2, 0.25) is 0 Å². The van der Waals surface area contributed by atoms with Gasteiger partial charge >= 0.3 is 0 Å². The van der Waals surface area contributed by atoms with Crippen LogP contribution >= 0.6 is 27.3 Å². The maximum Gasteiger partial charge on any atom is 0.127 e. The number of benzene rings is 1. The molecule has 1 aromatic heterocycles. The third-order valence-corrected chi connectivity index (χ3v) is 4.14. The number of aromatic nitrogens is 1. The summed E-state index contributed by atoms with van der Waals surface area (Å²) in [6.45, 7) is 2.41. The summed E-state index contributed by atoms with van der Waals surface area (Å²) < 4.78 is 6.82. The highest BCUT2D eigenvalue weighted by Crippen LogP contribution is 2.32. The van der Waals surface area contributed by atoms with Crippen molar-refractivity contribution < 1.29 is 4.74 Å². The van der Waals surface area contributed by atoms with E-state index in [1.54, 1.807) is 11.3 Å². The quantitative estimate of drug-likeness (QED) is 0.938. The fraction of sp³-hybridized carbons (Fsp3) is 0.308. The fourth-order valence-electron chi connectivity index (χ4n) is 2.12. The first kappa shape index (κ1) is 12.1. The van der Waals surface area contributed by atoms with Gasteiger partial charge in [0.05, 0.1) is 6.61 Å². The summed E-state index contributed by atoms with van der Waals surface area (Å²) in [5.74, 6) is 1.06. The van der Waals surface area contributed by atoms with E-state index in [-0.39, 0.29) is 0 Å². The highest BCUT2D eigenvalue weighted by Gasteiger charge is 2.17. The third kappa shape index (κ3) is 2.58. The van der Waals surface area contributed by atoms with E-state index in [1.165, 1.54) is 11.1 Å². The molecule has 94 valence electrons. The molecule has 0 radical (unpaired) electrons. The van der Waals surface area contributed by atoms with E-state index in [0.29, 0.717) is 0 Å². The van der Waals surface area contributed by atoms with Crippen LogP contribution in [0.15, 0.2) is 28.2 Å². The van der Waals surface area contributed by atoms with Gasteiger partial charge in [-0.05, 0) is 17.7 Å². The molecule has 0 saturated heterocycles. The zero-order valence-electron chi connectivity index (χ0n) is 9.78. The maximum atomic E-state index is 5.70. The largest absolute Gasteiger partial charge is 0.493 e. The van der Waals surface area contributed by atoms with Gasteiger partial charge in [-0.15, -0.1) is 11.3 Å². The smallest absolute Gasteiger partial charge is 0.127 e. The number of rotatable bonds is 4. The average molecular weight is 325 g/mol. The van der Waals surface area contributed by atoms with Crippen molar-refractivity contribution in [2.24, 2.45) is 0 Å². The highest BCUT2D eigenvalue weighted by atomic mass is 79.9. The number of hydrogen-bond donors (Lipinski definition) is 1. The van der Waals surface area contributed by atoms with Gasteiger partial charge in [-0.25, -0.2) is 4.98 Å². The van der Waals surface area contributed by atoms with Crippen molar-refractivity contribution in [1.82, 2.24) is 10.3 Å². The molecule has 2 aromatic rings. The Bertz CT molecular complexity index is 542. The topological polar surface area (TPSA) is 34.2 Å². The Morgan fingerprint density at radius 1 is 1.39 bits per heavy atom. The van der Waals surface area contributed by atoms with Crippen LogP contribution < -0.4 is 10.1 Å². The molecular weight excluding hydrogens is 312 g/mol. The van der Waals surface area contributed by atoms with Gasteiger partial charge < -0.3 is 10.1 Å². The summed E-state index contributed by atoms with van der Waals surface area (Å²) in [7, 11) is 0. The minimum Gasteiger partial charge on any atom is -0.493 e. The van der Waals surface area contributed by atoms with Gasteiger partial charge in [0.1, 0.15) is 10.8 Å². The molecular formula is C13H13BrN2OS. The van der Waals surface area contributed by atoms with E-state index in [0.717, 1.165) is 41.3 Å². The van der Waals surface area contributed by atoms with Crippen LogP contribution in [0, 0.1) is 0 Å². The van der Waals surface area contributed by atoms with Crippen LogP contribution in [0.4, 0.5) is 0 Å². The lowest BCUT2D eigenvalue weighted by Gasteiger charge is -2.09. The molecule has 2 heterocycles. The summed E-state index contributed by atoms with van der Waals surface area (Å²) in [5.41, 5.74) is 2.52. The first-order chi connectivity index (χ1) is 8.83. The maximum absolute atomic E-state index is 5.70.